The van der Waals surface area contributed by atoms with Crippen molar-refractivity contribution >= 4 is 5.97 Å². The summed E-state index contributed by atoms with van der Waals surface area (Å²) in [6, 6.07) is 5.42. The number of benzene rings is 1. The normalized spacial score (nSPS) is 12.4. The summed E-state index contributed by atoms with van der Waals surface area (Å²) in [6.07, 6.45) is 0.894. The topological polar surface area (TPSA) is 58.6 Å². The second-order valence-corrected chi connectivity index (χ2v) is 5.34. The van der Waals surface area contributed by atoms with Crippen molar-refractivity contribution in [3.63, 3.8) is 0 Å². The van der Waals surface area contributed by atoms with Gasteiger partial charge in [-0.15, -0.1) is 0 Å². The molecule has 0 saturated carbocycles. The lowest BCUT2D eigenvalue weighted by Crippen LogP contribution is -2.41. The van der Waals surface area contributed by atoms with Gasteiger partial charge in [0.05, 0.1) is 0 Å². The highest BCUT2D eigenvalue weighted by molar-refractivity contribution is 5.73. The van der Waals surface area contributed by atoms with Crippen LogP contribution in [0.4, 0.5) is 0 Å². The fourth-order valence-electron chi connectivity index (χ4n) is 1.84. The molecule has 0 saturated heterocycles. The van der Waals surface area contributed by atoms with Gasteiger partial charge in [-0.05, 0) is 43.0 Å². The zero-order valence-electron chi connectivity index (χ0n) is 12.8. The molecule has 1 aromatic carbocycles. The number of hydrogen-bond acceptors (Lipinski definition) is 3. The molecule has 1 unspecified atom stereocenters. The van der Waals surface area contributed by atoms with Crippen molar-refractivity contribution in [1.29, 1.82) is 0 Å². The molecule has 1 atom stereocenters. The lowest BCUT2D eigenvalue weighted by Gasteiger charge is -2.17. The third-order valence-electron chi connectivity index (χ3n) is 3.22. The first-order valence-electron chi connectivity index (χ1n) is 7.15. The molecule has 0 spiro atoms. The predicted molar refractivity (Wildman–Crippen MR) is 80.5 cm³/mol. The molecular weight excluding hydrogens is 254 g/mol. The van der Waals surface area contributed by atoms with Crippen LogP contribution in [-0.4, -0.2) is 30.3 Å². The molecule has 0 amide bonds. The molecule has 0 aliphatic heterocycles. The number of rotatable bonds is 8. The summed E-state index contributed by atoms with van der Waals surface area (Å²) in [4.78, 5) is 11.1. The van der Waals surface area contributed by atoms with Gasteiger partial charge in [-0.2, -0.15) is 0 Å². The number of carboxylic acids is 1. The van der Waals surface area contributed by atoms with E-state index in [-0.39, 0.29) is 6.61 Å². The monoisotopic (exact) mass is 279 g/mol. The summed E-state index contributed by atoms with van der Waals surface area (Å²) in [5.41, 5.74) is 2.22. The molecule has 4 nitrogen and oxygen atoms in total. The van der Waals surface area contributed by atoms with E-state index in [0.717, 1.165) is 17.7 Å². The Bertz CT molecular complexity index is 443. The van der Waals surface area contributed by atoms with Gasteiger partial charge >= 0.3 is 5.97 Å². The molecule has 0 aromatic heterocycles. The van der Waals surface area contributed by atoms with Crippen molar-refractivity contribution < 1.29 is 14.6 Å². The van der Waals surface area contributed by atoms with Crippen LogP contribution in [0.1, 0.15) is 44.2 Å². The van der Waals surface area contributed by atoms with Crippen LogP contribution < -0.4 is 10.1 Å². The van der Waals surface area contributed by atoms with Crippen molar-refractivity contribution in [2.24, 2.45) is 0 Å². The molecule has 1 aromatic rings. The van der Waals surface area contributed by atoms with E-state index < -0.39 is 12.0 Å². The number of carboxylic acid groups (broad SMARTS) is 1. The number of carbonyl (C=O) groups is 1. The van der Waals surface area contributed by atoms with Crippen LogP contribution >= 0.6 is 0 Å². The maximum Gasteiger partial charge on any atom is 0.324 e. The summed E-state index contributed by atoms with van der Waals surface area (Å²) in [7, 11) is 0. The highest BCUT2D eigenvalue weighted by Crippen LogP contribution is 2.24. The molecule has 0 radical (unpaired) electrons. The Morgan fingerprint density at radius 1 is 1.40 bits per heavy atom. The molecule has 0 heterocycles. The summed E-state index contributed by atoms with van der Waals surface area (Å²) >= 11 is 0. The zero-order valence-corrected chi connectivity index (χ0v) is 12.8. The summed E-state index contributed by atoms with van der Waals surface area (Å²) in [5.74, 6) is 0.309. The minimum Gasteiger partial charge on any atom is -0.491 e. The Balaban J connectivity index is 2.71. The summed E-state index contributed by atoms with van der Waals surface area (Å²) in [5, 5.41) is 12.1. The Labute approximate surface area is 121 Å². The van der Waals surface area contributed by atoms with E-state index in [9.17, 15) is 4.79 Å². The third-order valence-corrected chi connectivity index (χ3v) is 3.22. The van der Waals surface area contributed by atoms with Crippen LogP contribution in [-0.2, 0) is 4.79 Å². The molecule has 112 valence electrons. The lowest BCUT2D eigenvalue weighted by molar-refractivity contribution is -0.140. The minimum atomic E-state index is -0.879. The smallest absolute Gasteiger partial charge is 0.324 e. The zero-order chi connectivity index (χ0) is 15.1. The van der Waals surface area contributed by atoms with Gasteiger partial charge in [-0.3, -0.25) is 4.79 Å². The number of aliphatic carboxylic acids is 1. The molecule has 0 aliphatic carbocycles. The standard InChI is InChI=1S/C16H25NO3/c1-5-8-17-14(16(18)19)10-20-15-9-13(11(2)3)7-6-12(15)4/h6-7,9,11,14,17H,5,8,10H2,1-4H3,(H,18,19). The lowest BCUT2D eigenvalue weighted by atomic mass is 10.0. The first kappa shape index (κ1) is 16.5. The van der Waals surface area contributed by atoms with Gasteiger partial charge in [0.1, 0.15) is 18.4 Å². The molecule has 0 bridgehead atoms. The Morgan fingerprint density at radius 3 is 2.65 bits per heavy atom. The second kappa shape index (κ2) is 7.90. The molecule has 4 heteroatoms. The van der Waals surface area contributed by atoms with Crippen molar-refractivity contribution in [3.8, 4) is 5.75 Å². The molecular formula is C16H25NO3. The summed E-state index contributed by atoms with van der Waals surface area (Å²) < 4.78 is 5.70. The van der Waals surface area contributed by atoms with Gasteiger partial charge < -0.3 is 15.2 Å². The number of hydrogen-bond donors (Lipinski definition) is 2. The minimum absolute atomic E-state index is 0.137. The van der Waals surface area contributed by atoms with E-state index in [2.05, 4.69) is 25.2 Å². The first-order chi connectivity index (χ1) is 9.45. The van der Waals surface area contributed by atoms with Crippen molar-refractivity contribution in [2.45, 2.75) is 46.1 Å². The van der Waals surface area contributed by atoms with Gasteiger partial charge in [-0.25, -0.2) is 0 Å². The maximum atomic E-state index is 11.1. The largest absolute Gasteiger partial charge is 0.491 e. The first-order valence-corrected chi connectivity index (χ1v) is 7.15. The Kier molecular flexibility index (Phi) is 6.52. The molecule has 0 aliphatic rings. The van der Waals surface area contributed by atoms with E-state index in [1.807, 2.05) is 26.0 Å². The fraction of sp³-hybridized carbons (Fsp3) is 0.562. The van der Waals surface area contributed by atoms with Crippen LogP contribution in [0.2, 0.25) is 0 Å². The van der Waals surface area contributed by atoms with Crippen LogP contribution in [0.15, 0.2) is 18.2 Å². The van der Waals surface area contributed by atoms with Crippen LogP contribution in [0.3, 0.4) is 0 Å². The number of aryl methyl sites for hydroxylation is 1. The molecule has 1 rings (SSSR count). The average molecular weight is 279 g/mol. The molecule has 20 heavy (non-hydrogen) atoms. The van der Waals surface area contributed by atoms with Crippen molar-refractivity contribution in [2.75, 3.05) is 13.2 Å². The van der Waals surface area contributed by atoms with E-state index in [0.29, 0.717) is 12.5 Å². The highest BCUT2D eigenvalue weighted by atomic mass is 16.5. The van der Waals surface area contributed by atoms with E-state index in [4.69, 9.17) is 9.84 Å². The average Bonchev–Trinajstić information content (AvgIpc) is 2.39. The number of ether oxygens (including phenoxy) is 1. The van der Waals surface area contributed by atoms with E-state index in [1.54, 1.807) is 0 Å². The van der Waals surface area contributed by atoms with Gasteiger partial charge in [-0.1, -0.05) is 32.9 Å². The Hall–Kier alpha value is -1.55. The fourth-order valence-corrected chi connectivity index (χ4v) is 1.84. The van der Waals surface area contributed by atoms with Gasteiger partial charge in [0, 0.05) is 0 Å². The van der Waals surface area contributed by atoms with Gasteiger partial charge in [0.15, 0.2) is 0 Å². The van der Waals surface area contributed by atoms with Crippen molar-refractivity contribution in [1.82, 2.24) is 5.32 Å². The second-order valence-electron chi connectivity index (χ2n) is 5.34. The third kappa shape index (κ3) is 4.85. The SMILES string of the molecule is CCCNC(COc1cc(C(C)C)ccc1C)C(=O)O. The Morgan fingerprint density at radius 2 is 2.10 bits per heavy atom. The van der Waals surface area contributed by atoms with Gasteiger partial charge in [0.25, 0.3) is 0 Å². The van der Waals surface area contributed by atoms with Gasteiger partial charge in [0.2, 0.25) is 0 Å². The molecule has 2 N–H and O–H groups in total. The van der Waals surface area contributed by atoms with Crippen LogP contribution in [0.5, 0.6) is 5.75 Å². The van der Waals surface area contributed by atoms with E-state index >= 15 is 0 Å². The predicted octanol–water partition coefficient (Wildman–Crippen LogP) is 2.95. The number of nitrogens with one attached hydrogen (secondary N) is 1. The molecule has 0 fully saturated rings. The van der Waals surface area contributed by atoms with E-state index in [1.165, 1.54) is 5.56 Å². The summed E-state index contributed by atoms with van der Waals surface area (Å²) in [6.45, 7) is 9.02. The van der Waals surface area contributed by atoms with Crippen molar-refractivity contribution in [3.05, 3.63) is 29.3 Å². The quantitative estimate of drug-likeness (QED) is 0.768. The van der Waals surface area contributed by atoms with Crippen LogP contribution in [0.25, 0.3) is 0 Å². The van der Waals surface area contributed by atoms with Crippen LogP contribution in [0, 0.1) is 6.92 Å². The maximum absolute atomic E-state index is 11.1. The highest BCUT2D eigenvalue weighted by Gasteiger charge is 2.17.